The third-order valence-corrected chi connectivity index (χ3v) is 4.11. The second-order valence-corrected chi connectivity index (χ2v) is 6.19. The summed E-state index contributed by atoms with van der Waals surface area (Å²) in [5, 5.41) is 6.99. The van der Waals surface area contributed by atoms with Gasteiger partial charge >= 0.3 is 0 Å². The van der Waals surface area contributed by atoms with Crippen molar-refractivity contribution in [2.45, 2.75) is 51.6 Å². The van der Waals surface area contributed by atoms with Crippen molar-refractivity contribution in [2.75, 3.05) is 13.1 Å². The number of hydrogen-bond acceptors (Lipinski definition) is 4. The molecule has 0 saturated carbocycles. The minimum Gasteiger partial charge on any atom is -0.313 e. The molecule has 0 aliphatic carbocycles. The Morgan fingerprint density at radius 2 is 0.917 bits per heavy atom. The molecule has 0 amide bonds. The maximum Gasteiger partial charge on any atom is 0.0271 e. The summed E-state index contributed by atoms with van der Waals surface area (Å²) in [6.45, 7) is 4.11. The zero-order valence-corrected chi connectivity index (χ0v) is 14.6. The summed E-state index contributed by atoms with van der Waals surface area (Å²) in [5.41, 5.74) is 2.62. The Morgan fingerprint density at radius 3 is 1.33 bits per heavy atom. The van der Waals surface area contributed by atoms with Gasteiger partial charge in [0.2, 0.25) is 0 Å². The molecular weight excluding hydrogens is 296 g/mol. The van der Waals surface area contributed by atoms with Gasteiger partial charge in [-0.2, -0.15) is 0 Å². The third-order valence-electron chi connectivity index (χ3n) is 4.11. The molecule has 0 radical (unpaired) electrons. The van der Waals surface area contributed by atoms with Crippen molar-refractivity contribution in [2.24, 2.45) is 0 Å². The Morgan fingerprint density at radius 1 is 0.542 bits per heavy atom. The van der Waals surface area contributed by atoms with Gasteiger partial charge in [0, 0.05) is 37.9 Å². The molecule has 2 rings (SSSR count). The quantitative estimate of drug-likeness (QED) is 0.551. The molecule has 0 atom stereocenters. The van der Waals surface area contributed by atoms with E-state index in [2.05, 4.69) is 44.9 Å². The van der Waals surface area contributed by atoms with Crippen LogP contribution >= 0.6 is 0 Å². The summed E-state index contributed by atoms with van der Waals surface area (Å²) in [6, 6.07) is 8.26. The number of hydrogen-bond donors (Lipinski definition) is 2. The normalized spacial score (nSPS) is 10.8. The van der Waals surface area contributed by atoms with Crippen LogP contribution in [0.25, 0.3) is 0 Å². The molecule has 0 bridgehead atoms. The highest BCUT2D eigenvalue weighted by molar-refractivity contribution is 5.09. The van der Waals surface area contributed by atoms with Crippen molar-refractivity contribution in [1.82, 2.24) is 20.6 Å². The van der Waals surface area contributed by atoms with Gasteiger partial charge in [0.15, 0.2) is 0 Å². The van der Waals surface area contributed by atoms with Crippen molar-refractivity contribution in [3.8, 4) is 0 Å². The van der Waals surface area contributed by atoms with Gasteiger partial charge in [0.05, 0.1) is 0 Å². The first-order chi connectivity index (χ1) is 11.9. The standard InChI is InChI=1S/C20H30N4/c1(3-5-11-23-17-19-7-13-21-14-8-19)2-4-6-12-24-18-20-9-15-22-16-10-20/h7-10,13-16,23-24H,1-6,11-12,17-18H2. The highest BCUT2D eigenvalue weighted by atomic mass is 14.8. The molecule has 130 valence electrons. The molecule has 0 spiro atoms. The van der Waals surface area contributed by atoms with Gasteiger partial charge in [-0.1, -0.05) is 25.7 Å². The Labute approximate surface area is 146 Å². The fourth-order valence-electron chi connectivity index (χ4n) is 2.67. The predicted molar refractivity (Wildman–Crippen MR) is 99.6 cm³/mol. The van der Waals surface area contributed by atoms with Crippen LogP contribution in [0.4, 0.5) is 0 Å². The van der Waals surface area contributed by atoms with E-state index < -0.39 is 0 Å². The number of pyridine rings is 2. The molecule has 2 heterocycles. The summed E-state index contributed by atoms with van der Waals surface area (Å²) >= 11 is 0. The second kappa shape index (κ2) is 12.6. The minimum atomic E-state index is 0.950. The number of nitrogens with one attached hydrogen (secondary N) is 2. The Bertz CT molecular complexity index is 466. The zero-order chi connectivity index (χ0) is 16.7. The lowest BCUT2D eigenvalue weighted by molar-refractivity contribution is 0.549. The van der Waals surface area contributed by atoms with E-state index in [1.807, 2.05) is 24.8 Å². The maximum absolute atomic E-state index is 4.03. The van der Waals surface area contributed by atoms with E-state index in [0.29, 0.717) is 0 Å². The Hall–Kier alpha value is -1.78. The van der Waals surface area contributed by atoms with Crippen molar-refractivity contribution >= 4 is 0 Å². The fraction of sp³-hybridized carbons (Fsp3) is 0.500. The van der Waals surface area contributed by atoms with Gasteiger partial charge in [-0.3, -0.25) is 9.97 Å². The molecule has 0 aliphatic heterocycles. The topological polar surface area (TPSA) is 49.8 Å². The number of nitrogens with zero attached hydrogens (tertiary/aromatic N) is 2. The summed E-state index contributed by atoms with van der Waals surface area (Å²) in [4.78, 5) is 8.06. The SMILES string of the molecule is c1cc(CNCCCCCCCCNCc2ccncc2)ccn1. The average Bonchev–Trinajstić information content (AvgIpc) is 2.64. The first-order valence-corrected chi connectivity index (χ1v) is 9.14. The van der Waals surface area contributed by atoms with Crippen LogP contribution < -0.4 is 10.6 Å². The van der Waals surface area contributed by atoms with Crippen LogP contribution in [-0.2, 0) is 13.1 Å². The summed E-state index contributed by atoms with van der Waals surface area (Å²) in [5.74, 6) is 0. The van der Waals surface area contributed by atoms with Gasteiger partial charge in [0.1, 0.15) is 0 Å². The lowest BCUT2D eigenvalue weighted by Crippen LogP contribution is -2.15. The molecule has 24 heavy (non-hydrogen) atoms. The summed E-state index contributed by atoms with van der Waals surface area (Å²) < 4.78 is 0. The van der Waals surface area contributed by atoms with Crippen molar-refractivity contribution in [1.29, 1.82) is 0 Å². The van der Waals surface area contributed by atoms with Gasteiger partial charge in [0.25, 0.3) is 0 Å². The molecular formula is C20H30N4. The van der Waals surface area contributed by atoms with Crippen LogP contribution in [0.1, 0.15) is 49.7 Å². The van der Waals surface area contributed by atoms with Gasteiger partial charge in [-0.15, -0.1) is 0 Å². The molecule has 2 N–H and O–H groups in total. The molecule has 4 nitrogen and oxygen atoms in total. The van der Waals surface area contributed by atoms with E-state index in [0.717, 1.165) is 26.2 Å². The maximum atomic E-state index is 4.03. The van der Waals surface area contributed by atoms with Crippen LogP contribution in [0.2, 0.25) is 0 Å². The highest BCUT2D eigenvalue weighted by Gasteiger charge is 1.94. The van der Waals surface area contributed by atoms with E-state index in [9.17, 15) is 0 Å². The van der Waals surface area contributed by atoms with E-state index in [1.54, 1.807) is 0 Å². The van der Waals surface area contributed by atoms with E-state index in [1.165, 1.54) is 49.7 Å². The van der Waals surface area contributed by atoms with E-state index in [-0.39, 0.29) is 0 Å². The molecule has 0 saturated heterocycles. The smallest absolute Gasteiger partial charge is 0.0271 e. The van der Waals surface area contributed by atoms with Crippen LogP contribution in [0.15, 0.2) is 49.1 Å². The van der Waals surface area contributed by atoms with E-state index >= 15 is 0 Å². The monoisotopic (exact) mass is 326 g/mol. The molecule has 2 aromatic heterocycles. The highest BCUT2D eigenvalue weighted by Crippen LogP contribution is 2.05. The lowest BCUT2D eigenvalue weighted by Gasteiger charge is -2.06. The molecule has 0 aromatic carbocycles. The molecule has 4 heteroatoms. The zero-order valence-electron chi connectivity index (χ0n) is 14.6. The first-order valence-electron chi connectivity index (χ1n) is 9.14. The van der Waals surface area contributed by atoms with Crippen molar-refractivity contribution < 1.29 is 0 Å². The molecule has 0 unspecified atom stereocenters. The predicted octanol–water partition coefficient (Wildman–Crippen LogP) is 3.70. The molecule has 2 aromatic rings. The minimum absolute atomic E-state index is 0.950. The average molecular weight is 326 g/mol. The first kappa shape index (κ1) is 18.6. The third kappa shape index (κ3) is 8.75. The van der Waals surface area contributed by atoms with Crippen molar-refractivity contribution in [3.63, 3.8) is 0 Å². The summed E-state index contributed by atoms with van der Waals surface area (Å²) in [6.07, 6.45) is 15.3. The molecule has 0 aliphatic rings. The summed E-state index contributed by atoms with van der Waals surface area (Å²) in [7, 11) is 0. The van der Waals surface area contributed by atoms with E-state index in [4.69, 9.17) is 0 Å². The van der Waals surface area contributed by atoms with Crippen LogP contribution in [-0.4, -0.2) is 23.1 Å². The molecule has 0 fully saturated rings. The Balaban J connectivity index is 1.32. The van der Waals surface area contributed by atoms with Crippen LogP contribution in [0, 0.1) is 0 Å². The van der Waals surface area contributed by atoms with Gasteiger partial charge in [-0.25, -0.2) is 0 Å². The van der Waals surface area contributed by atoms with Crippen LogP contribution in [0.5, 0.6) is 0 Å². The van der Waals surface area contributed by atoms with Crippen LogP contribution in [0.3, 0.4) is 0 Å². The number of unbranched alkanes of at least 4 members (excludes halogenated alkanes) is 5. The lowest BCUT2D eigenvalue weighted by atomic mass is 10.1. The largest absolute Gasteiger partial charge is 0.313 e. The van der Waals surface area contributed by atoms with Gasteiger partial charge < -0.3 is 10.6 Å². The fourth-order valence-corrected chi connectivity index (χ4v) is 2.67. The number of aromatic nitrogens is 2. The van der Waals surface area contributed by atoms with Crippen molar-refractivity contribution in [3.05, 3.63) is 60.2 Å². The number of rotatable bonds is 13. The Kier molecular flexibility index (Phi) is 9.76. The second-order valence-electron chi connectivity index (χ2n) is 6.19. The van der Waals surface area contributed by atoms with Gasteiger partial charge in [-0.05, 0) is 61.3 Å².